The van der Waals surface area contributed by atoms with E-state index in [1.807, 2.05) is 24.3 Å². The number of benzene rings is 2. The van der Waals surface area contributed by atoms with Crippen LogP contribution in [0.25, 0.3) is 22.4 Å². The molecule has 19 heavy (non-hydrogen) atoms. The Bertz CT molecular complexity index is 719. The third-order valence-corrected chi connectivity index (χ3v) is 2.90. The number of methoxy groups -OCH3 is 1. The lowest BCUT2D eigenvalue weighted by atomic mass is 10.1. The van der Waals surface area contributed by atoms with Gasteiger partial charge in [-0.15, -0.1) is 0 Å². The number of fused-ring (bicyclic) bond motifs is 1. The maximum atomic E-state index is 13.5. The highest BCUT2D eigenvalue weighted by Crippen LogP contribution is 2.37. The molecule has 0 aliphatic carbocycles. The van der Waals surface area contributed by atoms with E-state index in [0.29, 0.717) is 5.82 Å². The maximum Gasteiger partial charge on any atom is 0.169 e. The Morgan fingerprint density at radius 1 is 1.26 bits per heavy atom. The van der Waals surface area contributed by atoms with Crippen LogP contribution in [0.1, 0.15) is 0 Å². The molecule has 5 heteroatoms. The van der Waals surface area contributed by atoms with Crippen molar-refractivity contribution >= 4 is 11.0 Å². The van der Waals surface area contributed by atoms with Crippen LogP contribution in [-0.4, -0.2) is 22.2 Å². The van der Waals surface area contributed by atoms with Crippen molar-refractivity contribution in [2.75, 3.05) is 7.11 Å². The van der Waals surface area contributed by atoms with Gasteiger partial charge < -0.3 is 14.8 Å². The normalized spacial score (nSPS) is 10.8. The van der Waals surface area contributed by atoms with Crippen LogP contribution < -0.4 is 4.74 Å². The number of aromatic hydroxyl groups is 1. The highest BCUT2D eigenvalue weighted by molar-refractivity contribution is 5.81. The number of ether oxygens (including phenoxy) is 1. The quantitative estimate of drug-likeness (QED) is 0.742. The number of aromatic nitrogens is 2. The van der Waals surface area contributed by atoms with E-state index < -0.39 is 5.82 Å². The first-order chi connectivity index (χ1) is 9.19. The van der Waals surface area contributed by atoms with Gasteiger partial charge in [-0.1, -0.05) is 12.1 Å². The van der Waals surface area contributed by atoms with E-state index in [1.54, 1.807) is 0 Å². The molecule has 0 bridgehead atoms. The topological polar surface area (TPSA) is 58.1 Å². The number of imidazole rings is 1. The van der Waals surface area contributed by atoms with Crippen LogP contribution in [0.15, 0.2) is 36.4 Å². The van der Waals surface area contributed by atoms with E-state index in [2.05, 4.69) is 9.97 Å². The second kappa shape index (κ2) is 4.28. The molecule has 0 fully saturated rings. The fourth-order valence-electron chi connectivity index (χ4n) is 1.99. The highest BCUT2D eigenvalue weighted by atomic mass is 19.1. The average Bonchev–Trinajstić information content (AvgIpc) is 2.84. The summed E-state index contributed by atoms with van der Waals surface area (Å²) in [7, 11) is 1.37. The first-order valence-electron chi connectivity index (χ1n) is 5.70. The molecule has 1 heterocycles. The number of rotatable bonds is 2. The molecule has 0 saturated heterocycles. The predicted molar refractivity (Wildman–Crippen MR) is 69.7 cm³/mol. The molecule has 2 aromatic carbocycles. The van der Waals surface area contributed by atoms with Crippen LogP contribution in [0, 0.1) is 5.82 Å². The number of para-hydroxylation sites is 2. The fraction of sp³-hybridized carbons (Fsp3) is 0.0714. The van der Waals surface area contributed by atoms with Crippen LogP contribution in [-0.2, 0) is 0 Å². The van der Waals surface area contributed by atoms with Gasteiger partial charge in [0.25, 0.3) is 0 Å². The van der Waals surface area contributed by atoms with Crippen LogP contribution in [0.4, 0.5) is 4.39 Å². The van der Waals surface area contributed by atoms with Crippen LogP contribution in [0.5, 0.6) is 11.5 Å². The molecule has 3 aromatic rings. The molecular formula is C14H11FN2O2. The predicted octanol–water partition coefficient (Wildman–Crippen LogP) is 3.08. The van der Waals surface area contributed by atoms with E-state index in [4.69, 9.17) is 4.74 Å². The lowest BCUT2D eigenvalue weighted by molar-refractivity contribution is 0.371. The summed E-state index contributed by atoms with van der Waals surface area (Å²) in [4.78, 5) is 7.36. The minimum absolute atomic E-state index is 0.0791. The summed E-state index contributed by atoms with van der Waals surface area (Å²) in [6.07, 6.45) is 0. The molecule has 0 atom stereocenters. The van der Waals surface area contributed by atoms with Crippen molar-refractivity contribution in [3.05, 3.63) is 42.2 Å². The first-order valence-corrected chi connectivity index (χ1v) is 5.70. The van der Waals surface area contributed by atoms with Crippen LogP contribution >= 0.6 is 0 Å². The van der Waals surface area contributed by atoms with E-state index in [0.717, 1.165) is 17.1 Å². The van der Waals surface area contributed by atoms with Gasteiger partial charge in [-0.05, 0) is 18.2 Å². The monoisotopic (exact) mass is 258 g/mol. The number of hydrogen-bond acceptors (Lipinski definition) is 3. The minimum atomic E-state index is -0.495. The van der Waals surface area contributed by atoms with Crippen molar-refractivity contribution in [1.82, 2.24) is 9.97 Å². The molecule has 0 spiro atoms. The highest BCUT2D eigenvalue weighted by Gasteiger charge is 2.15. The Hall–Kier alpha value is -2.56. The number of nitrogens with one attached hydrogen (secondary N) is 1. The zero-order valence-corrected chi connectivity index (χ0v) is 10.1. The number of hydrogen-bond donors (Lipinski definition) is 2. The van der Waals surface area contributed by atoms with Crippen molar-refractivity contribution < 1.29 is 14.2 Å². The zero-order chi connectivity index (χ0) is 13.4. The summed E-state index contributed by atoms with van der Waals surface area (Å²) >= 11 is 0. The molecule has 3 rings (SSSR count). The molecule has 0 radical (unpaired) electrons. The molecule has 1 aromatic heterocycles. The number of phenols is 1. The van der Waals surface area contributed by atoms with Gasteiger partial charge in [0, 0.05) is 6.07 Å². The van der Waals surface area contributed by atoms with Crippen molar-refractivity contribution in [2.45, 2.75) is 0 Å². The van der Waals surface area contributed by atoms with Gasteiger partial charge in [0.05, 0.1) is 23.7 Å². The van der Waals surface area contributed by atoms with E-state index in [1.165, 1.54) is 13.2 Å². The Morgan fingerprint density at radius 2 is 2.05 bits per heavy atom. The first kappa shape index (κ1) is 11.5. The second-order valence-electron chi connectivity index (χ2n) is 4.11. The van der Waals surface area contributed by atoms with Crippen LogP contribution in [0.2, 0.25) is 0 Å². The lowest BCUT2D eigenvalue weighted by Crippen LogP contribution is -1.90. The maximum absolute atomic E-state index is 13.5. The summed E-state index contributed by atoms with van der Waals surface area (Å²) in [5.74, 6) is -0.153. The Labute approximate surface area is 108 Å². The number of nitrogens with zero attached hydrogens (tertiary/aromatic N) is 1. The lowest BCUT2D eigenvalue weighted by Gasteiger charge is -2.07. The number of aromatic amines is 1. The third kappa shape index (κ3) is 1.89. The standard InChI is InChI=1S/C14H11FN2O2/c1-19-12-7-8(15)6-9(13(12)18)14-16-10-4-2-3-5-11(10)17-14/h2-7,18H,1H3,(H,16,17). The number of halogens is 1. The molecule has 0 amide bonds. The van der Waals surface area contributed by atoms with Gasteiger partial charge in [0.2, 0.25) is 0 Å². The molecule has 0 saturated carbocycles. The summed E-state index contributed by atoms with van der Waals surface area (Å²) < 4.78 is 18.4. The van der Waals surface area contributed by atoms with Gasteiger partial charge in [0.15, 0.2) is 11.5 Å². The SMILES string of the molecule is COc1cc(F)cc(-c2nc3ccccc3[nH]2)c1O. The van der Waals surface area contributed by atoms with Crippen molar-refractivity contribution in [1.29, 1.82) is 0 Å². The smallest absolute Gasteiger partial charge is 0.169 e. The largest absolute Gasteiger partial charge is 0.504 e. The average molecular weight is 258 g/mol. The van der Waals surface area contributed by atoms with E-state index in [-0.39, 0.29) is 17.1 Å². The summed E-state index contributed by atoms with van der Waals surface area (Å²) in [5, 5.41) is 10.0. The fourth-order valence-corrected chi connectivity index (χ4v) is 1.99. The minimum Gasteiger partial charge on any atom is -0.504 e. The molecule has 96 valence electrons. The Balaban J connectivity index is 2.23. The van der Waals surface area contributed by atoms with Crippen LogP contribution in [0.3, 0.4) is 0 Å². The molecule has 2 N–H and O–H groups in total. The summed E-state index contributed by atoms with van der Waals surface area (Å²) in [6, 6.07) is 9.77. The van der Waals surface area contributed by atoms with Crippen molar-refractivity contribution in [3.8, 4) is 22.9 Å². The molecular weight excluding hydrogens is 247 g/mol. The zero-order valence-electron chi connectivity index (χ0n) is 10.1. The Kier molecular flexibility index (Phi) is 2.59. The van der Waals surface area contributed by atoms with Crippen molar-refractivity contribution in [2.24, 2.45) is 0 Å². The molecule has 0 unspecified atom stereocenters. The number of H-pyrrole nitrogens is 1. The second-order valence-corrected chi connectivity index (χ2v) is 4.11. The van der Waals surface area contributed by atoms with E-state index >= 15 is 0 Å². The van der Waals surface area contributed by atoms with Gasteiger partial charge >= 0.3 is 0 Å². The van der Waals surface area contributed by atoms with Gasteiger partial charge in [-0.25, -0.2) is 9.37 Å². The number of phenolic OH excluding ortho intramolecular Hbond substituents is 1. The third-order valence-electron chi connectivity index (χ3n) is 2.90. The summed E-state index contributed by atoms with van der Waals surface area (Å²) in [5.41, 5.74) is 1.84. The Morgan fingerprint density at radius 3 is 2.79 bits per heavy atom. The molecule has 0 aliphatic heterocycles. The summed E-state index contributed by atoms with van der Waals surface area (Å²) in [6.45, 7) is 0. The van der Waals surface area contributed by atoms with Gasteiger partial charge in [0.1, 0.15) is 11.6 Å². The van der Waals surface area contributed by atoms with Gasteiger partial charge in [-0.2, -0.15) is 0 Å². The van der Waals surface area contributed by atoms with Gasteiger partial charge in [-0.3, -0.25) is 0 Å². The van der Waals surface area contributed by atoms with Crippen molar-refractivity contribution in [3.63, 3.8) is 0 Å². The van der Waals surface area contributed by atoms with E-state index in [9.17, 15) is 9.50 Å². The molecule has 4 nitrogen and oxygen atoms in total. The molecule has 0 aliphatic rings.